The molecule has 22 heavy (non-hydrogen) atoms. The molecule has 1 heterocycles. The number of rotatable bonds is 8. The Bertz CT molecular complexity index is 480. The van der Waals surface area contributed by atoms with Gasteiger partial charge in [0.25, 0.3) is 0 Å². The molecule has 0 aliphatic carbocycles. The van der Waals surface area contributed by atoms with E-state index in [1.807, 2.05) is 20.1 Å². The standard InChI is InChI=1S/C17H29N3OS/c1-11(2)7-8-12(3)18-16(21)10-9-15-13(4)19-17(22-6)20-14(15)5/h11-12H,7-10H2,1-6H3,(H,18,21). The quantitative estimate of drug-likeness (QED) is 0.585. The molecule has 1 rings (SSSR count). The number of aryl methyl sites for hydroxylation is 2. The molecule has 0 radical (unpaired) electrons. The largest absolute Gasteiger partial charge is 0.354 e. The molecule has 0 saturated carbocycles. The van der Waals surface area contributed by atoms with E-state index in [0.717, 1.165) is 34.9 Å². The van der Waals surface area contributed by atoms with E-state index in [-0.39, 0.29) is 11.9 Å². The third-order valence-corrected chi connectivity index (χ3v) is 4.32. The lowest BCUT2D eigenvalue weighted by molar-refractivity contribution is -0.121. The van der Waals surface area contributed by atoms with Crippen molar-refractivity contribution in [1.29, 1.82) is 0 Å². The van der Waals surface area contributed by atoms with Crippen LogP contribution in [0.25, 0.3) is 0 Å². The van der Waals surface area contributed by atoms with Crippen molar-refractivity contribution in [1.82, 2.24) is 15.3 Å². The van der Waals surface area contributed by atoms with Crippen molar-refractivity contribution >= 4 is 17.7 Å². The maximum Gasteiger partial charge on any atom is 0.220 e. The van der Waals surface area contributed by atoms with Gasteiger partial charge in [0.1, 0.15) is 0 Å². The third-order valence-electron chi connectivity index (χ3n) is 3.77. The molecule has 0 spiro atoms. The second-order valence-electron chi connectivity index (χ2n) is 6.30. The van der Waals surface area contributed by atoms with Gasteiger partial charge >= 0.3 is 0 Å². The molecule has 0 saturated heterocycles. The molecule has 0 aliphatic rings. The number of carbonyl (C=O) groups is 1. The lowest BCUT2D eigenvalue weighted by Gasteiger charge is -2.15. The van der Waals surface area contributed by atoms with Crippen LogP contribution in [-0.2, 0) is 11.2 Å². The molecule has 0 aliphatic heterocycles. The fourth-order valence-electron chi connectivity index (χ4n) is 2.40. The first-order chi connectivity index (χ1) is 10.3. The first-order valence-electron chi connectivity index (χ1n) is 8.01. The van der Waals surface area contributed by atoms with Crippen LogP contribution in [0.15, 0.2) is 5.16 Å². The van der Waals surface area contributed by atoms with E-state index in [1.165, 1.54) is 0 Å². The summed E-state index contributed by atoms with van der Waals surface area (Å²) in [6.07, 6.45) is 5.35. The molecule has 1 N–H and O–H groups in total. The molecule has 0 fully saturated rings. The van der Waals surface area contributed by atoms with Crippen molar-refractivity contribution in [3.8, 4) is 0 Å². The van der Waals surface area contributed by atoms with Crippen molar-refractivity contribution in [2.24, 2.45) is 5.92 Å². The molecule has 1 aromatic heterocycles. The fraction of sp³-hybridized carbons (Fsp3) is 0.706. The van der Waals surface area contributed by atoms with Crippen LogP contribution in [-0.4, -0.2) is 28.2 Å². The summed E-state index contributed by atoms with van der Waals surface area (Å²) in [6, 6.07) is 0.243. The highest BCUT2D eigenvalue weighted by molar-refractivity contribution is 7.98. The van der Waals surface area contributed by atoms with Crippen LogP contribution in [0.4, 0.5) is 0 Å². The topological polar surface area (TPSA) is 54.9 Å². The monoisotopic (exact) mass is 323 g/mol. The second-order valence-corrected chi connectivity index (χ2v) is 7.07. The zero-order valence-electron chi connectivity index (χ0n) is 14.7. The molecule has 1 unspecified atom stereocenters. The van der Waals surface area contributed by atoms with Gasteiger partial charge in [0.05, 0.1) is 0 Å². The molecular weight excluding hydrogens is 294 g/mol. The summed E-state index contributed by atoms with van der Waals surface area (Å²) in [5.41, 5.74) is 3.07. The minimum absolute atomic E-state index is 0.115. The number of hydrogen-bond donors (Lipinski definition) is 1. The maximum absolute atomic E-state index is 12.1. The average molecular weight is 324 g/mol. The SMILES string of the molecule is CSc1nc(C)c(CCC(=O)NC(C)CCC(C)C)c(C)n1. The van der Waals surface area contributed by atoms with Crippen molar-refractivity contribution in [2.75, 3.05) is 6.26 Å². The summed E-state index contributed by atoms with van der Waals surface area (Å²) >= 11 is 1.54. The fourth-order valence-corrected chi connectivity index (χ4v) is 2.86. The number of hydrogen-bond acceptors (Lipinski definition) is 4. The Balaban J connectivity index is 2.51. The minimum atomic E-state index is 0.115. The number of carbonyl (C=O) groups excluding carboxylic acids is 1. The van der Waals surface area contributed by atoms with Crippen LogP contribution in [0.2, 0.25) is 0 Å². The number of amides is 1. The van der Waals surface area contributed by atoms with Crippen LogP contribution in [0.3, 0.4) is 0 Å². The number of aromatic nitrogens is 2. The Morgan fingerprint density at radius 1 is 1.14 bits per heavy atom. The molecule has 0 bridgehead atoms. The van der Waals surface area contributed by atoms with Crippen molar-refractivity contribution in [3.05, 3.63) is 17.0 Å². The van der Waals surface area contributed by atoms with Gasteiger partial charge in [0.2, 0.25) is 5.91 Å². The van der Waals surface area contributed by atoms with E-state index in [0.29, 0.717) is 18.8 Å². The predicted octanol–water partition coefficient (Wildman–Crippen LogP) is 3.69. The summed E-state index contributed by atoms with van der Waals surface area (Å²) in [5, 5.41) is 3.88. The van der Waals surface area contributed by atoms with Gasteiger partial charge in [-0.25, -0.2) is 9.97 Å². The van der Waals surface area contributed by atoms with E-state index < -0.39 is 0 Å². The van der Waals surface area contributed by atoms with Gasteiger partial charge in [-0.2, -0.15) is 0 Å². The number of thioether (sulfide) groups is 1. The van der Waals surface area contributed by atoms with Gasteiger partial charge < -0.3 is 5.32 Å². The van der Waals surface area contributed by atoms with Gasteiger partial charge in [-0.3, -0.25) is 4.79 Å². The van der Waals surface area contributed by atoms with Gasteiger partial charge in [-0.05, 0) is 57.8 Å². The van der Waals surface area contributed by atoms with Crippen LogP contribution < -0.4 is 5.32 Å². The summed E-state index contributed by atoms with van der Waals surface area (Å²) in [7, 11) is 0. The normalized spacial score (nSPS) is 12.5. The molecule has 5 heteroatoms. The predicted molar refractivity (Wildman–Crippen MR) is 93.3 cm³/mol. The summed E-state index contributed by atoms with van der Waals surface area (Å²) in [4.78, 5) is 21.0. The highest BCUT2D eigenvalue weighted by Gasteiger charge is 2.12. The van der Waals surface area contributed by atoms with E-state index in [1.54, 1.807) is 11.8 Å². The van der Waals surface area contributed by atoms with Crippen LogP contribution >= 0.6 is 11.8 Å². The maximum atomic E-state index is 12.1. The molecular formula is C17H29N3OS. The molecule has 4 nitrogen and oxygen atoms in total. The average Bonchev–Trinajstić information content (AvgIpc) is 2.43. The van der Waals surface area contributed by atoms with Crippen molar-refractivity contribution in [2.45, 2.75) is 71.5 Å². The van der Waals surface area contributed by atoms with Gasteiger partial charge in [0.15, 0.2) is 5.16 Å². The number of nitrogens with one attached hydrogen (secondary N) is 1. The zero-order valence-corrected chi connectivity index (χ0v) is 15.5. The van der Waals surface area contributed by atoms with E-state index >= 15 is 0 Å². The minimum Gasteiger partial charge on any atom is -0.354 e. The van der Waals surface area contributed by atoms with E-state index in [2.05, 4.69) is 36.1 Å². The third kappa shape index (κ3) is 6.34. The van der Waals surface area contributed by atoms with Gasteiger partial charge in [-0.1, -0.05) is 25.6 Å². The summed E-state index contributed by atoms with van der Waals surface area (Å²) in [6.45, 7) is 10.5. The molecule has 1 aromatic rings. The Morgan fingerprint density at radius 2 is 1.73 bits per heavy atom. The van der Waals surface area contributed by atoms with Gasteiger partial charge in [-0.15, -0.1) is 0 Å². The van der Waals surface area contributed by atoms with E-state index in [4.69, 9.17) is 0 Å². The highest BCUT2D eigenvalue weighted by atomic mass is 32.2. The lowest BCUT2D eigenvalue weighted by atomic mass is 10.0. The summed E-state index contributed by atoms with van der Waals surface area (Å²) < 4.78 is 0. The van der Waals surface area contributed by atoms with Crippen LogP contribution in [0.5, 0.6) is 0 Å². The molecule has 1 atom stereocenters. The zero-order chi connectivity index (χ0) is 16.7. The summed E-state index contributed by atoms with van der Waals surface area (Å²) in [5.74, 6) is 0.792. The molecule has 1 amide bonds. The first kappa shape index (κ1) is 18.9. The van der Waals surface area contributed by atoms with E-state index in [9.17, 15) is 4.79 Å². The van der Waals surface area contributed by atoms with Gasteiger partial charge in [0, 0.05) is 23.9 Å². The Hall–Kier alpha value is -1.10. The Kier molecular flexibility index (Phi) is 7.87. The molecule has 124 valence electrons. The Labute approximate surface area is 138 Å². The van der Waals surface area contributed by atoms with Crippen LogP contribution in [0, 0.1) is 19.8 Å². The Morgan fingerprint density at radius 3 is 2.23 bits per heavy atom. The second kappa shape index (κ2) is 9.13. The smallest absolute Gasteiger partial charge is 0.220 e. The first-order valence-corrected chi connectivity index (χ1v) is 9.23. The molecule has 0 aromatic carbocycles. The van der Waals surface area contributed by atoms with Crippen molar-refractivity contribution < 1.29 is 4.79 Å². The lowest BCUT2D eigenvalue weighted by Crippen LogP contribution is -2.33. The highest BCUT2D eigenvalue weighted by Crippen LogP contribution is 2.17. The number of nitrogens with zero attached hydrogens (tertiary/aromatic N) is 2. The van der Waals surface area contributed by atoms with Crippen molar-refractivity contribution in [3.63, 3.8) is 0 Å². The van der Waals surface area contributed by atoms with Crippen LogP contribution in [0.1, 0.15) is 57.0 Å².